The molecule has 0 aliphatic carbocycles. The summed E-state index contributed by atoms with van der Waals surface area (Å²) in [6, 6.07) is 1.93. The predicted molar refractivity (Wildman–Crippen MR) is 67.3 cm³/mol. The number of aryl methyl sites for hydroxylation is 2. The summed E-state index contributed by atoms with van der Waals surface area (Å²) in [6.07, 6.45) is 2.69. The minimum atomic E-state index is 0.712. The van der Waals surface area contributed by atoms with E-state index in [0.717, 1.165) is 36.2 Å². The van der Waals surface area contributed by atoms with Gasteiger partial charge in [-0.15, -0.1) is 10.2 Å². The van der Waals surface area contributed by atoms with Gasteiger partial charge in [0.25, 0.3) is 0 Å². The van der Waals surface area contributed by atoms with Crippen molar-refractivity contribution in [3.63, 3.8) is 0 Å². The van der Waals surface area contributed by atoms with Crippen LogP contribution < -0.4 is 0 Å². The van der Waals surface area contributed by atoms with E-state index >= 15 is 0 Å². The number of methoxy groups -OCH3 is 1. The van der Waals surface area contributed by atoms with E-state index in [2.05, 4.69) is 15.4 Å². The SMILES string of the molecule is COCCCn1cnnc1SCc1cc(C)no1. The van der Waals surface area contributed by atoms with Gasteiger partial charge in [0.15, 0.2) is 5.16 Å². The first-order chi connectivity index (χ1) is 8.79. The van der Waals surface area contributed by atoms with Gasteiger partial charge in [-0.25, -0.2) is 0 Å². The van der Waals surface area contributed by atoms with Gasteiger partial charge in [0, 0.05) is 26.3 Å². The highest BCUT2D eigenvalue weighted by molar-refractivity contribution is 7.98. The number of aromatic nitrogens is 4. The highest BCUT2D eigenvalue weighted by Crippen LogP contribution is 2.21. The van der Waals surface area contributed by atoms with Gasteiger partial charge in [-0.3, -0.25) is 0 Å². The Labute approximate surface area is 110 Å². The maximum Gasteiger partial charge on any atom is 0.191 e. The third-order valence-electron chi connectivity index (χ3n) is 2.35. The average molecular weight is 268 g/mol. The molecule has 2 aromatic heterocycles. The summed E-state index contributed by atoms with van der Waals surface area (Å²) in [6.45, 7) is 3.51. The van der Waals surface area contributed by atoms with Crippen molar-refractivity contribution in [3.8, 4) is 0 Å². The number of ether oxygens (including phenoxy) is 1. The lowest BCUT2D eigenvalue weighted by Crippen LogP contribution is -2.01. The zero-order valence-electron chi connectivity index (χ0n) is 10.5. The van der Waals surface area contributed by atoms with Crippen molar-refractivity contribution in [3.05, 3.63) is 23.8 Å². The van der Waals surface area contributed by atoms with Crippen molar-refractivity contribution in [2.24, 2.45) is 0 Å². The number of nitrogens with zero attached hydrogens (tertiary/aromatic N) is 4. The van der Waals surface area contributed by atoms with Crippen LogP contribution in [0.25, 0.3) is 0 Å². The molecule has 0 radical (unpaired) electrons. The molecule has 0 aliphatic rings. The fourth-order valence-corrected chi connectivity index (χ4v) is 2.33. The molecule has 0 N–H and O–H groups in total. The summed E-state index contributed by atoms with van der Waals surface area (Å²) in [7, 11) is 1.70. The first-order valence-corrected chi connectivity index (χ1v) is 6.70. The van der Waals surface area contributed by atoms with E-state index in [9.17, 15) is 0 Å². The van der Waals surface area contributed by atoms with Gasteiger partial charge >= 0.3 is 0 Å². The van der Waals surface area contributed by atoms with Crippen molar-refractivity contribution in [1.29, 1.82) is 0 Å². The Kier molecular flexibility index (Phi) is 4.77. The van der Waals surface area contributed by atoms with Crippen LogP contribution in [0.3, 0.4) is 0 Å². The van der Waals surface area contributed by atoms with Crippen LogP contribution in [-0.4, -0.2) is 33.6 Å². The molecule has 0 amide bonds. The number of rotatable bonds is 7. The molecule has 7 heteroatoms. The largest absolute Gasteiger partial charge is 0.385 e. The molecule has 0 aliphatic heterocycles. The van der Waals surface area contributed by atoms with Gasteiger partial charge in [0.1, 0.15) is 12.1 Å². The van der Waals surface area contributed by atoms with Gasteiger partial charge in [-0.05, 0) is 13.3 Å². The number of hydrogen-bond donors (Lipinski definition) is 0. The van der Waals surface area contributed by atoms with E-state index in [1.165, 1.54) is 0 Å². The Hall–Kier alpha value is -1.34. The third kappa shape index (κ3) is 3.58. The molecule has 18 heavy (non-hydrogen) atoms. The van der Waals surface area contributed by atoms with Crippen LogP contribution in [0.1, 0.15) is 17.9 Å². The summed E-state index contributed by atoms with van der Waals surface area (Å²) in [5, 5.41) is 12.8. The highest BCUT2D eigenvalue weighted by Gasteiger charge is 2.07. The summed E-state index contributed by atoms with van der Waals surface area (Å²) < 4.78 is 12.2. The van der Waals surface area contributed by atoms with Gasteiger partial charge in [0.05, 0.1) is 11.4 Å². The van der Waals surface area contributed by atoms with Crippen LogP contribution in [0.2, 0.25) is 0 Å². The second kappa shape index (κ2) is 6.55. The molecule has 2 aromatic rings. The first-order valence-electron chi connectivity index (χ1n) is 5.71. The van der Waals surface area contributed by atoms with Gasteiger partial charge in [0.2, 0.25) is 0 Å². The zero-order valence-corrected chi connectivity index (χ0v) is 11.3. The minimum absolute atomic E-state index is 0.712. The van der Waals surface area contributed by atoms with Crippen molar-refractivity contribution in [2.45, 2.75) is 30.8 Å². The monoisotopic (exact) mass is 268 g/mol. The van der Waals surface area contributed by atoms with Crippen molar-refractivity contribution < 1.29 is 9.26 Å². The summed E-state index contributed by atoms with van der Waals surface area (Å²) in [4.78, 5) is 0. The summed E-state index contributed by atoms with van der Waals surface area (Å²) >= 11 is 1.59. The van der Waals surface area contributed by atoms with E-state index < -0.39 is 0 Å². The maximum absolute atomic E-state index is 5.15. The Balaban J connectivity index is 1.87. The Morgan fingerprint density at radius 3 is 3.11 bits per heavy atom. The molecule has 0 aromatic carbocycles. The lowest BCUT2D eigenvalue weighted by Gasteiger charge is -2.04. The van der Waals surface area contributed by atoms with Crippen LogP contribution in [0.4, 0.5) is 0 Å². The van der Waals surface area contributed by atoms with E-state index in [0.29, 0.717) is 5.75 Å². The minimum Gasteiger partial charge on any atom is -0.385 e. The highest BCUT2D eigenvalue weighted by atomic mass is 32.2. The molecule has 0 saturated carbocycles. The lowest BCUT2D eigenvalue weighted by molar-refractivity contribution is 0.189. The topological polar surface area (TPSA) is 66.0 Å². The smallest absolute Gasteiger partial charge is 0.191 e. The van der Waals surface area contributed by atoms with Crippen molar-refractivity contribution in [1.82, 2.24) is 19.9 Å². The Morgan fingerprint density at radius 1 is 1.50 bits per heavy atom. The molecule has 2 heterocycles. The molecule has 0 bridgehead atoms. The molecular formula is C11H16N4O2S. The summed E-state index contributed by atoms with van der Waals surface area (Å²) in [5.74, 6) is 1.56. The van der Waals surface area contributed by atoms with E-state index in [1.807, 2.05) is 17.6 Å². The number of thioether (sulfide) groups is 1. The standard InChI is InChI=1S/C11H16N4O2S/c1-9-6-10(17-14-9)7-18-11-13-12-8-15(11)4-3-5-16-2/h6,8H,3-5,7H2,1-2H3. The third-order valence-corrected chi connectivity index (χ3v) is 3.35. The maximum atomic E-state index is 5.15. The quantitative estimate of drug-likeness (QED) is 0.564. The van der Waals surface area contributed by atoms with Crippen LogP contribution in [0, 0.1) is 6.92 Å². The Bertz CT molecular complexity index is 483. The van der Waals surface area contributed by atoms with E-state index in [1.54, 1.807) is 25.2 Å². The van der Waals surface area contributed by atoms with E-state index in [-0.39, 0.29) is 0 Å². The zero-order chi connectivity index (χ0) is 12.8. The van der Waals surface area contributed by atoms with Gasteiger partial charge in [-0.2, -0.15) is 0 Å². The van der Waals surface area contributed by atoms with Crippen LogP contribution in [0.15, 0.2) is 22.1 Å². The number of hydrogen-bond acceptors (Lipinski definition) is 6. The van der Waals surface area contributed by atoms with Crippen LogP contribution >= 0.6 is 11.8 Å². The average Bonchev–Trinajstić information content (AvgIpc) is 2.96. The first kappa shape index (κ1) is 13.1. The predicted octanol–water partition coefficient (Wildman–Crippen LogP) is 1.90. The molecule has 0 atom stereocenters. The molecule has 2 rings (SSSR count). The van der Waals surface area contributed by atoms with Gasteiger partial charge in [-0.1, -0.05) is 16.9 Å². The summed E-state index contributed by atoms with van der Waals surface area (Å²) in [5.41, 5.74) is 0.896. The van der Waals surface area contributed by atoms with Crippen molar-refractivity contribution >= 4 is 11.8 Å². The fraction of sp³-hybridized carbons (Fsp3) is 0.545. The lowest BCUT2D eigenvalue weighted by atomic mass is 10.4. The molecule has 0 spiro atoms. The fourth-order valence-electron chi connectivity index (χ4n) is 1.51. The molecular weight excluding hydrogens is 252 g/mol. The second-order valence-electron chi connectivity index (χ2n) is 3.88. The molecule has 0 fully saturated rings. The molecule has 0 unspecified atom stereocenters. The Morgan fingerprint density at radius 2 is 2.39 bits per heavy atom. The van der Waals surface area contributed by atoms with Crippen molar-refractivity contribution in [2.75, 3.05) is 13.7 Å². The van der Waals surface area contributed by atoms with E-state index in [4.69, 9.17) is 9.26 Å². The molecule has 6 nitrogen and oxygen atoms in total. The molecule has 98 valence electrons. The van der Waals surface area contributed by atoms with Crippen LogP contribution in [0.5, 0.6) is 0 Å². The van der Waals surface area contributed by atoms with Gasteiger partial charge < -0.3 is 13.8 Å². The van der Waals surface area contributed by atoms with Crippen LogP contribution in [-0.2, 0) is 17.0 Å². The molecule has 0 saturated heterocycles. The second-order valence-corrected chi connectivity index (χ2v) is 4.82. The normalized spacial score (nSPS) is 11.0.